The van der Waals surface area contributed by atoms with Crippen LogP contribution in [0.25, 0.3) is 0 Å². The number of allylic oxidation sites excluding steroid dienone is 3. The van der Waals surface area contributed by atoms with Gasteiger partial charge in [0.05, 0.1) is 25.3 Å². The Bertz CT molecular complexity index is 2100. The number of nitrogens with zero attached hydrogens (tertiary/aromatic N) is 2. The molecule has 17 nitrogen and oxygen atoms in total. The average Bonchev–Trinajstić information content (AvgIpc) is 3.91. The molecule has 0 saturated carbocycles. The van der Waals surface area contributed by atoms with E-state index in [1.54, 1.807) is 45.2 Å². The number of benzene rings is 1. The van der Waals surface area contributed by atoms with E-state index >= 15 is 0 Å². The summed E-state index contributed by atoms with van der Waals surface area (Å²) in [5.74, 6) is -2.28. The fraction of sp³-hybridized carbons (Fsp3) is 0.651. The number of amides is 3. The number of likely N-dealkylation sites (N-methyl/N-ethyl adjacent to an activating group) is 1. The summed E-state index contributed by atoms with van der Waals surface area (Å²) in [5.41, 5.74) is -1.14. The van der Waals surface area contributed by atoms with Crippen LogP contribution in [0.5, 0.6) is 5.75 Å². The van der Waals surface area contributed by atoms with Crippen LogP contribution in [0, 0.1) is 5.92 Å². The van der Waals surface area contributed by atoms with Gasteiger partial charge in [0.15, 0.2) is 5.72 Å². The molecule has 3 aliphatic rings. The minimum atomic E-state index is -4.52. The molecule has 0 aromatic heterocycles. The van der Waals surface area contributed by atoms with Crippen LogP contribution in [0.2, 0.25) is 5.02 Å². The number of ketones is 1. The summed E-state index contributed by atoms with van der Waals surface area (Å²) in [6.07, 6.45) is 0.818. The zero-order valence-corrected chi connectivity index (χ0v) is 41.4. The summed E-state index contributed by atoms with van der Waals surface area (Å²) in [4.78, 5) is 69.1. The van der Waals surface area contributed by atoms with Gasteiger partial charge in [0.25, 0.3) is 10.1 Å². The molecule has 3 aliphatic heterocycles. The molecule has 1 unspecified atom stereocenters. The van der Waals surface area contributed by atoms with Gasteiger partial charge in [0.2, 0.25) is 11.8 Å². The molecule has 4 rings (SSSR count). The number of Topliss-reactive ketones (excluding diaryl/α,β-unsaturated/α-hetero) is 1. The molecule has 1 aromatic rings. The quantitative estimate of drug-likeness (QED) is 0.0631. The second-order valence-corrected chi connectivity index (χ2v) is 22.6. The number of fused-ring (bicyclic) bond motifs is 5. The SMILES string of the molecule is COc1cc2cc(c1Cl)N(C)C(=O)C[C@H](OC(=O)[C@H](C)N(C)C(=O)CCC(C)(C)SSCCC(C(C)=O)S(=O)(=O)O)[C@]1(C)O[C@H]1[C@H](C)[C@@H]1C[C@@](O)(NC(=O)O1)[C@H](OC)/C=C/C=C(\C)C2. The molecule has 3 heterocycles. The number of esters is 1. The number of carbonyl (C=O) groups excluding carboxylic acids is 5. The summed E-state index contributed by atoms with van der Waals surface area (Å²) < 4.78 is 61.4. The monoisotopic (exact) mass is 975 g/mol. The van der Waals surface area contributed by atoms with E-state index in [2.05, 4.69) is 5.32 Å². The number of halogens is 1. The summed E-state index contributed by atoms with van der Waals surface area (Å²) >= 11 is 6.79. The molecule has 2 fully saturated rings. The molecule has 3 amide bonds. The number of ether oxygens (including phenoxy) is 5. The normalized spacial score (nSPS) is 28.9. The summed E-state index contributed by atoms with van der Waals surface area (Å²) in [6, 6.07) is 2.43. The van der Waals surface area contributed by atoms with Gasteiger partial charge in [-0.2, -0.15) is 8.42 Å². The lowest BCUT2D eigenvalue weighted by atomic mass is 9.83. The second-order valence-electron chi connectivity index (χ2n) is 17.5. The molecule has 0 spiro atoms. The Balaban J connectivity index is 1.58. The average molecular weight is 977 g/mol. The first kappa shape index (κ1) is 53.2. The first-order valence-electron chi connectivity index (χ1n) is 20.8. The maximum absolute atomic E-state index is 14.3. The minimum Gasteiger partial charge on any atom is -0.495 e. The van der Waals surface area contributed by atoms with Crippen molar-refractivity contribution in [2.24, 2.45) is 5.92 Å². The van der Waals surface area contributed by atoms with E-state index in [1.165, 1.54) is 59.6 Å². The van der Waals surface area contributed by atoms with Gasteiger partial charge < -0.3 is 38.6 Å². The van der Waals surface area contributed by atoms with Crippen LogP contribution in [0.15, 0.2) is 35.9 Å². The van der Waals surface area contributed by atoms with Crippen LogP contribution in [-0.4, -0.2) is 138 Å². The number of methoxy groups -OCH3 is 2. The van der Waals surface area contributed by atoms with Crippen molar-refractivity contribution >= 4 is 78.7 Å². The van der Waals surface area contributed by atoms with Crippen molar-refractivity contribution in [1.82, 2.24) is 10.2 Å². The lowest BCUT2D eigenvalue weighted by Gasteiger charge is -2.42. The number of rotatable bonds is 15. The van der Waals surface area contributed by atoms with Gasteiger partial charge in [0.1, 0.15) is 51.8 Å². The predicted octanol–water partition coefficient (Wildman–Crippen LogP) is 5.69. The molecule has 0 radical (unpaired) electrons. The molecule has 1 aromatic carbocycles. The zero-order chi connectivity index (χ0) is 48.1. The van der Waals surface area contributed by atoms with E-state index in [9.17, 15) is 42.0 Å². The maximum Gasteiger partial charge on any atom is 0.409 e. The number of hydrogen-bond acceptors (Lipinski definition) is 15. The second kappa shape index (κ2) is 21.5. The van der Waals surface area contributed by atoms with Crippen molar-refractivity contribution in [2.45, 2.75) is 139 Å². The van der Waals surface area contributed by atoms with Crippen LogP contribution < -0.4 is 15.0 Å². The number of nitrogens with one attached hydrogen (secondary N) is 1. The fourth-order valence-corrected chi connectivity index (χ4v) is 11.7. The minimum absolute atomic E-state index is 0.0442. The third kappa shape index (κ3) is 13.2. The van der Waals surface area contributed by atoms with Crippen molar-refractivity contribution in [3.63, 3.8) is 0 Å². The molecule has 4 bridgehead atoms. The first-order valence-corrected chi connectivity index (χ1v) is 25.0. The van der Waals surface area contributed by atoms with Crippen LogP contribution >= 0.6 is 33.2 Å². The van der Waals surface area contributed by atoms with E-state index in [0.29, 0.717) is 24.3 Å². The number of epoxide rings is 1. The largest absolute Gasteiger partial charge is 0.495 e. The van der Waals surface area contributed by atoms with Crippen molar-refractivity contribution in [1.29, 1.82) is 0 Å². The number of carbonyl (C=O) groups is 5. The first-order chi connectivity index (χ1) is 29.7. The highest BCUT2D eigenvalue weighted by molar-refractivity contribution is 8.77. The fourth-order valence-electron chi connectivity index (χ4n) is 7.76. The third-order valence-corrected chi connectivity index (χ3v) is 17.1. The lowest BCUT2D eigenvalue weighted by Crippen LogP contribution is -2.63. The highest BCUT2D eigenvalue weighted by atomic mass is 35.5. The maximum atomic E-state index is 14.3. The van der Waals surface area contributed by atoms with Crippen LogP contribution in [0.1, 0.15) is 86.1 Å². The van der Waals surface area contributed by atoms with Crippen molar-refractivity contribution in [3.05, 3.63) is 46.5 Å². The van der Waals surface area contributed by atoms with Crippen LogP contribution in [0.4, 0.5) is 10.5 Å². The molecule has 0 aliphatic carbocycles. The number of aliphatic hydroxyl groups is 1. The van der Waals surface area contributed by atoms with Crippen molar-refractivity contribution in [3.8, 4) is 5.75 Å². The Morgan fingerprint density at radius 2 is 1.88 bits per heavy atom. The predicted molar refractivity (Wildman–Crippen MR) is 245 cm³/mol. The Labute approximate surface area is 388 Å². The van der Waals surface area contributed by atoms with E-state index in [4.69, 9.17) is 35.3 Å². The highest BCUT2D eigenvalue weighted by Crippen LogP contribution is 2.49. The topological polar surface area (TPSA) is 228 Å². The molecular formula is C43H62ClN3O14S3. The smallest absolute Gasteiger partial charge is 0.409 e. The van der Waals surface area contributed by atoms with Gasteiger partial charge in [0, 0.05) is 50.5 Å². The van der Waals surface area contributed by atoms with Crippen molar-refractivity contribution < 1.29 is 65.7 Å². The van der Waals surface area contributed by atoms with Gasteiger partial charge in [-0.15, -0.1) is 0 Å². The van der Waals surface area contributed by atoms with Gasteiger partial charge >= 0.3 is 12.1 Å². The number of alkyl carbamates (subject to hydrolysis) is 1. The number of anilines is 1. The zero-order valence-electron chi connectivity index (χ0n) is 38.2. The lowest BCUT2D eigenvalue weighted by molar-refractivity contribution is -0.162. The van der Waals surface area contributed by atoms with E-state index in [1.807, 2.05) is 26.8 Å². The molecule has 21 heteroatoms. The summed E-state index contributed by atoms with van der Waals surface area (Å²) in [5, 5.41) is 13.0. The number of hydrogen-bond donors (Lipinski definition) is 3. The van der Waals surface area contributed by atoms with Crippen LogP contribution in [0.3, 0.4) is 0 Å². The van der Waals surface area contributed by atoms with Crippen molar-refractivity contribution in [2.75, 3.05) is 39.0 Å². The molecule has 64 heavy (non-hydrogen) atoms. The van der Waals surface area contributed by atoms with Gasteiger partial charge in [-0.3, -0.25) is 24.3 Å². The van der Waals surface area contributed by atoms with Gasteiger partial charge in [-0.05, 0) is 78.5 Å². The molecular weight excluding hydrogens is 914 g/mol. The summed E-state index contributed by atoms with van der Waals surface area (Å²) in [7, 11) is 4.10. The van der Waals surface area contributed by atoms with E-state index in [-0.39, 0.29) is 42.4 Å². The Kier molecular flexibility index (Phi) is 17.9. The molecule has 3 N–H and O–H groups in total. The molecule has 9 atom stereocenters. The van der Waals surface area contributed by atoms with E-state index < -0.39 is 91.6 Å². The van der Waals surface area contributed by atoms with Crippen LogP contribution in [-0.2, 0) is 54.7 Å². The Morgan fingerprint density at radius 3 is 2.48 bits per heavy atom. The Hall–Kier alpha value is -3.37. The molecule has 358 valence electrons. The van der Waals surface area contributed by atoms with Gasteiger partial charge in [-0.1, -0.05) is 63.9 Å². The molecule has 2 saturated heterocycles. The standard InChI is InChI=1S/C43H62ClN3O14S3/c1-24-13-12-14-33(58-11)43(53)23-31(59-40(52)45-43)25(2)38-42(7,61-38)34(22-36(50)47(9)29-20-28(19-24)21-30(57-10)37(29)44)60-39(51)26(3)46(8)35(49)15-17-41(5,6)63-62-18-16-32(27(4)48)64(54,55)56/h12-14,20-21,25-26,31-34,38,53H,15-19,22-23H2,1-11H3,(H,45,52)(H,54,55,56)/b14-12+,24-13+/t25-,26+,31+,32?,33-,34+,38+,42+,43+/m1/s1. The Morgan fingerprint density at radius 1 is 1.20 bits per heavy atom. The third-order valence-electron chi connectivity index (χ3n) is 12.0. The summed E-state index contributed by atoms with van der Waals surface area (Å²) in [6.45, 7) is 11.8. The highest BCUT2D eigenvalue weighted by Gasteiger charge is 2.64. The van der Waals surface area contributed by atoms with E-state index in [0.717, 1.165) is 18.1 Å². The van der Waals surface area contributed by atoms with Gasteiger partial charge in [-0.25, -0.2) is 9.59 Å².